The highest BCUT2D eigenvalue weighted by Crippen LogP contribution is 2.06. The van der Waals surface area contributed by atoms with Crippen LogP contribution in [0.4, 0.5) is 4.39 Å². The average Bonchev–Trinajstić information content (AvgIpc) is 2.81. The van der Waals surface area contributed by atoms with Gasteiger partial charge in [0.25, 0.3) is 0 Å². The van der Waals surface area contributed by atoms with Crippen LogP contribution in [-0.2, 0) is 13.1 Å². The monoisotopic (exact) mass is 233 g/mol. The number of nitrogens with one attached hydrogen (secondary N) is 1. The van der Waals surface area contributed by atoms with Gasteiger partial charge < -0.3 is 5.32 Å². The van der Waals surface area contributed by atoms with Gasteiger partial charge in [-0.1, -0.05) is 18.2 Å². The maximum Gasteiger partial charge on any atom is 0.127 e. The molecule has 0 saturated carbocycles. The Hall–Kier alpha value is -1.68. The van der Waals surface area contributed by atoms with E-state index in [0.717, 1.165) is 6.54 Å². The minimum absolute atomic E-state index is 0.161. The summed E-state index contributed by atoms with van der Waals surface area (Å²) in [7, 11) is 0. The predicted octanol–water partition coefficient (Wildman–Crippen LogP) is 2.20. The number of hydrogen-bond acceptors (Lipinski definition) is 2. The first-order valence-corrected chi connectivity index (χ1v) is 5.70. The molecule has 0 bridgehead atoms. The Kier molecular flexibility index (Phi) is 3.88. The van der Waals surface area contributed by atoms with Gasteiger partial charge in [-0.15, -0.1) is 0 Å². The fraction of sp³-hybridized carbons (Fsp3) is 0.308. The summed E-state index contributed by atoms with van der Waals surface area (Å²) in [6.45, 7) is 3.37. The van der Waals surface area contributed by atoms with E-state index in [0.29, 0.717) is 12.1 Å². The van der Waals surface area contributed by atoms with Crippen LogP contribution in [0.25, 0.3) is 0 Å². The molecule has 2 aromatic rings. The minimum Gasteiger partial charge on any atom is -0.308 e. The maximum absolute atomic E-state index is 13.4. The number of rotatable bonds is 5. The van der Waals surface area contributed by atoms with Crippen molar-refractivity contribution in [3.63, 3.8) is 0 Å². The van der Waals surface area contributed by atoms with Crippen molar-refractivity contribution in [3.05, 3.63) is 54.1 Å². The van der Waals surface area contributed by atoms with Gasteiger partial charge in [-0.3, -0.25) is 4.68 Å². The highest BCUT2D eigenvalue weighted by Gasteiger charge is 2.05. The molecule has 0 radical (unpaired) electrons. The summed E-state index contributed by atoms with van der Waals surface area (Å²) >= 11 is 0. The largest absolute Gasteiger partial charge is 0.308 e. The van der Waals surface area contributed by atoms with E-state index >= 15 is 0 Å². The highest BCUT2D eigenvalue weighted by atomic mass is 19.1. The number of nitrogens with zero attached hydrogens (tertiary/aromatic N) is 2. The lowest BCUT2D eigenvalue weighted by Gasteiger charge is -2.14. The van der Waals surface area contributed by atoms with Gasteiger partial charge in [0.2, 0.25) is 0 Å². The molecule has 0 aliphatic carbocycles. The van der Waals surface area contributed by atoms with Crippen molar-refractivity contribution in [1.82, 2.24) is 15.1 Å². The van der Waals surface area contributed by atoms with Crippen LogP contribution in [0, 0.1) is 5.82 Å². The Labute approximate surface area is 100 Å². The van der Waals surface area contributed by atoms with E-state index in [1.807, 2.05) is 23.0 Å². The van der Waals surface area contributed by atoms with Gasteiger partial charge in [0.1, 0.15) is 5.82 Å². The van der Waals surface area contributed by atoms with Crippen LogP contribution in [0.2, 0.25) is 0 Å². The molecule has 1 heterocycles. The van der Waals surface area contributed by atoms with Crippen molar-refractivity contribution in [2.75, 3.05) is 0 Å². The van der Waals surface area contributed by atoms with Crippen LogP contribution in [0.15, 0.2) is 42.7 Å². The third-order valence-electron chi connectivity index (χ3n) is 2.62. The molecule has 0 spiro atoms. The molecular formula is C13H16FN3. The van der Waals surface area contributed by atoms with Crippen LogP contribution in [0.1, 0.15) is 12.5 Å². The summed E-state index contributed by atoms with van der Waals surface area (Å²) in [6.07, 6.45) is 3.67. The van der Waals surface area contributed by atoms with Gasteiger partial charge >= 0.3 is 0 Å². The van der Waals surface area contributed by atoms with Crippen LogP contribution in [-0.4, -0.2) is 15.8 Å². The number of halogens is 1. The molecule has 1 aromatic carbocycles. The first-order chi connectivity index (χ1) is 8.25. The highest BCUT2D eigenvalue weighted by molar-refractivity contribution is 5.16. The molecule has 4 heteroatoms. The minimum atomic E-state index is -0.161. The Morgan fingerprint density at radius 3 is 2.88 bits per heavy atom. The molecule has 1 aromatic heterocycles. The summed E-state index contributed by atoms with van der Waals surface area (Å²) in [5.41, 5.74) is 0.694. The van der Waals surface area contributed by atoms with E-state index in [9.17, 15) is 4.39 Å². The molecule has 0 fully saturated rings. The van der Waals surface area contributed by atoms with Crippen molar-refractivity contribution in [2.24, 2.45) is 0 Å². The summed E-state index contributed by atoms with van der Waals surface area (Å²) in [6, 6.07) is 8.96. The zero-order chi connectivity index (χ0) is 12.1. The summed E-state index contributed by atoms with van der Waals surface area (Å²) in [5, 5.41) is 7.41. The fourth-order valence-electron chi connectivity index (χ4n) is 1.68. The Morgan fingerprint density at radius 1 is 1.35 bits per heavy atom. The van der Waals surface area contributed by atoms with Crippen LogP contribution in [0.3, 0.4) is 0 Å². The predicted molar refractivity (Wildman–Crippen MR) is 64.9 cm³/mol. The lowest BCUT2D eigenvalue weighted by Crippen LogP contribution is -2.30. The van der Waals surface area contributed by atoms with Crippen molar-refractivity contribution < 1.29 is 4.39 Å². The molecule has 1 atom stereocenters. The topological polar surface area (TPSA) is 29.9 Å². The van der Waals surface area contributed by atoms with Crippen molar-refractivity contribution in [2.45, 2.75) is 26.1 Å². The molecule has 0 amide bonds. The fourth-order valence-corrected chi connectivity index (χ4v) is 1.68. The molecule has 0 unspecified atom stereocenters. The zero-order valence-corrected chi connectivity index (χ0v) is 9.81. The maximum atomic E-state index is 13.4. The normalized spacial score (nSPS) is 12.6. The molecule has 0 aliphatic heterocycles. The van der Waals surface area contributed by atoms with E-state index < -0.39 is 0 Å². The van der Waals surface area contributed by atoms with E-state index in [4.69, 9.17) is 0 Å². The van der Waals surface area contributed by atoms with E-state index in [-0.39, 0.29) is 11.9 Å². The Bertz CT molecular complexity index is 453. The van der Waals surface area contributed by atoms with Gasteiger partial charge in [0.05, 0.1) is 6.54 Å². The summed E-state index contributed by atoms with van der Waals surface area (Å²) in [5.74, 6) is -0.161. The Morgan fingerprint density at radius 2 is 2.18 bits per heavy atom. The van der Waals surface area contributed by atoms with Gasteiger partial charge in [-0.05, 0) is 19.1 Å². The van der Waals surface area contributed by atoms with Crippen LogP contribution >= 0.6 is 0 Å². The quantitative estimate of drug-likeness (QED) is 0.858. The lowest BCUT2D eigenvalue weighted by atomic mass is 10.2. The van der Waals surface area contributed by atoms with Crippen molar-refractivity contribution in [3.8, 4) is 0 Å². The molecule has 3 nitrogen and oxygen atoms in total. The third-order valence-corrected chi connectivity index (χ3v) is 2.62. The number of benzene rings is 1. The summed E-state index contributed by atoms with van der Waals surface area (Å²) < 4.78 is 15.2. The molecular weight excluding hydrogens is 217 g/mol. The second-order valence-corrected chi connectivity index (χ2v) is 4.10. The molecule has 2 rings (SSSR count). The van der Waals surface area contributed by atoms with Gasteiger partial charge in [-0.2, -0.15) is 5.10 Å². The standard InChI is InChI=1S/C13H16FN3/c1-11(10-17-8-4-7-16-17)15-9-12-5-2-3-6-13(12)14/h2-8,11,15H,9-10H2,1H3/t11-/m1/s1. The average molecular weight is 233 g/mol. The second-order valence-electron chi connectivity index (χ2n) is 4.10. The molecule has 17 heavy (non-hydrogen) atoms. The smallest absolute Gasteiger partial charge is 0.127 e. The van der Waals surface area contributed by atoms with E-state index in [2.05, 4.69) is 17.3 Å². The van der Waals surface area contributed by atoms with Gasteiger partial charge in [-0.25, -0.2) is 4.39 Å². The third kappa shape index (κ3) is 3.39. The zero-order valence-electron chi connectivity index (χ0n) is 9.81. The lowest BCUT2D eigenvalue weighted by molar-refractivity contribution is 0.445. The first-order valence-electron chi connectivity index (χ1n) is 5.70. The number of aromatic nitrogens is 2. The SMILES string of the molecule is C[C@H](Cn1cccn1)NCc1ccccc1F. The molecule has 0 aliphatic rings. The first kappa shape index (κ1) is 11.8. The second kappa shape index (κ2) is 5.59. The van der Waals surface area contributed by atoms with Crippen molar-refractivity contribution in [1.29, 1.82) is 0 Å². The van der Waals surface area contributed by atoms with Gasteiger partial charge in [0.15, 0.2) is 0 Å². The van der Waals surface area contributed by atoms with E-state index in [1.165, 1.54) is 6.07 Å². The van der Waals surface area contributed by atoms with Crippen LogP contribution < -0.4 is 5.32 Å². The molecule has 1 N–H and O–H groups in total. The molecule has 90 valence electrons. The molecule has 0 saturated heterocycles. The Balaban J connectivity index is 1.84. The summed E-state index contributed by atoms with van der Waals surface area (Å²) in [4.78, 5) is 0. The van der Waals surface area contributed by atoms with Crippen LogP contribution in [0.5, 0.6) is 0 Å². The van der Waals surface area contributed by atoms with Gasteiger partial charge in [0, 0.05) is 30.5 Å². The number of hydrogen-bond donors (Lipinski definition) is 1. The van der Waals surface area contributed by atoms with Crippen molar-refractivity contribution >= 4 is 0 Å². The van der Waals surface area contributed by atoms with E-state index in [1.54, 1.807) is 18.3 Å².